The molecule has 0 aromatic carbocycles. The van der Waals surface area contributed by atoms with Crippen LogP contribution < -0.4 is 10.5 Å². The Morgan fingerprint density at radius 2 is 1.88 bits per heavy atom. The van der Waals surface area contributed by atoms with Gasteiger partial charge in [-0.2, -0.15) is 18.6 Å². The third-order valence-corrected chi connectivity index (χ3v) is 7.73. The third kappa shape index (κ3) is 6.08. The quantitative estimate of drug-likeness (QED) is 0.225. The second-order valence-electron chi connectivity index (χ2n) is 6.23. The Labute approximate surface area is 178 Å². The van der Waals surface area contributed by atoms with Crippen molar-refractivity contribution in [2.75, 3.05) is 19.5 Å². The van der Waals surface area contributed by atoms with Crippen LogP contribution in [0.15, 0.2) is 6.33 Å². The Hall–Kier alpha value is -1.52. The number of ether oxygens (including phenoxy) is 2. The van der Waals surface area contributed by atoms with Crippen LogP contribution >= 0.6 is 23.5 Å². The monoisotopic (exact) mass is 521 g/mol. The zero-order valence-electron chi connectivity index (χ0n) is 15.9. The predicted molar refractivity (Wildman–Crippen MR) is 101 cm³/mol. The summed E-state index contributed by atoms with van der Waals surface area (Å²) in [6.07, 6.45) is -2.04. The molecule has 3 heterocycles. The molecule has 1 saturated heterocycles. The van der Waals surface area contributed by atoms with Crippen molar-refractivity contribution in [2.45, 2.75) is 24.9 Å². The fourth-order valence-corrected chi connectivity index (χ4v) is 5.80. The molecule has 0 bridgehead atoms. The molecule has 0 saturated carbocycles. The van der Waals surface area contributed by atoms with Crippen molar-refractivity contribution >= 4 is 40.6 Å². The summed E-state index contributed by atoms with van der Waals surface area (Å²) in [6, 6.07) is 0. The number of aromatic nitrogens is 4. The van der Waals surface area contributed by atoms with Crippen LogP contribution in [-0.2, 0) is 31.6 Å². The number of hydrogen-bond donors (Lipinski definition) is 6. The van der Waals surface area contributed by atoms with Crippen LogP contribution in [0, 0.1) is 0 Å². The molecule has 2 unspecified atom stereocenters. The molecular weight excluding hydrogens is 503 g/mol. The summed E-state index contributed by atoms with van der Waals surface area (Å²) in [5.41, 5.74) is 6.12. The Morgan fingerprint density at radius 1 is 1.19 bits per heavy atom. The van der Waals surface area contributed by atoms with Crippen LogP contribution in [0.2, 0.25) is 0 Å². The van der Waals surface area contributed by atoms with E-state index in [4.69, 9.17) is 29.9 Å². The highest BCUT2D eigenvalue weighted by molar-refractivity contribution is 7.66. The van der Waals surface area contributed by atoms with Gasteiger partial charge in [0, 0.05) is 6.42 Å². The van der Waals surface area contributed by atoms with Gasteiger partial charge in [-0.15, -0.1) is 0 Å². The van der Waals surface area contributed by atoms with E-state index in [1.54, 1.807) is 0 Å². The van der Waals surface area contributed by atoms with Gasteiger partial charge in [0.25, 0.3) is 0 Å². The van der Waals surface area contributed by atoms with Crippen molar-refractivity contribution in [1.29, 1.82) is 0 Å². The van der Waals surface area contributed by atoms with Gasteiger partial charge >= 0.3 is 23.5 Å². The summed E-state index contributed by atoms with van der Waals surface area (Å²) in [5, 5.41) is 10.2. The number of nitrogens with two attached hydrogens (primary N) is 1. The summed E-state index contributed by atoms with van der Waals surface area (Å²) in [4.78, 5) is 47.7. The molecular formula is C11H18N5O13P3. The molecule has 2 aromatic rings. The first-order valence-electron chi connectivity index (χ1n) is 8.35. The first-order valence-corrected chi connectivity index (χ1v) is 12.9. The number of nitrogen functional groups attached to an aromatic ring is 1. The lowest BCUT2D eigenvalue weighted by molar-refractivity contribution is -0.0423. The molecule has 180 valence electrons. The maximum atomic E-state index is 11.8. The zero-order valence-corrected chi connectivity index (χ0v) is 18.6. The SMILES string of the molecule is COc1nc(N)nc2c1ncn2[C@H]1C[C@H](O)[C@@H](COP(=O)(O)OP(=O)(O)OP(=O)(O)O)O1. The molecule has 5 atom stereocenters. The van der Waals surface area contributed by atoms with Gasteiger partial charge in [-0.3, -0.25) is 9.09 Å². The minimum atomic E-state index is -5.66. The molecule has 1 fully saturated rings. The molecule has 2 aromatic heterocycles. The Bertz CT molecular complexity index is 1140. The van der Waals surface area contributed by atoms with E-state index in [9.17, 15) is 23.7 Å². The van der Waals surface area contributed by atoms with Gasteiger partial charge in [0.2, 0.25) is 11.8 Å². The normalized spacial score (nSPS) is 25.5. The maximum absolute atomic E-state index is 11.8. The van der Waals surface area contributed by atoms with Crippen molar-refractivity contribution in [2.24, 2.45) is 0 Å². The van der Waals surface area contributed by atoms with Crippen molar-refractivity contribution in [3.8, 4) is 5.88 Å². The smallest absolute Gasteiger partial charge is 0.479 e. The van der Waals surface area contributed by atoms with Crippen molar-refractivity contribution < 1.29 is 61.0 Å². The van der Waals surface area contributed by atoms with Crippen LogP contribution in [0.5, 0.6) is 5.88 Å². The summed E-state index contributed by atoms with van der Waals surface area (Å²) < 4.78 is 57.6. The Balaban J connectivity index is 1.68. The molecule has 18 nitrogen and oxygen atoms in total. The van der Waals surface area contributed by atoms with Crippen molar-refractivity contribution in [1.82, 2.24) is 19.5 Å². The number of phosphoric ester groups is 1. The van der Waals surface area contributed by atoms with Gasteiger partial charge in [0.1, 0.15) is 12.3 Å². The number of methoxy groups -OCH3 is 1. The lowest BCUT2D eigenvalue weighted by Gasteiger charge is -2.19. The lowest BCUT2D eigenvalue weighted by Crippen LogP contribution is -2.26. The second-order valence-corrected chi connectivity index (χ2v) is 10.7. The number of nitrogens with zero attached hydrogens (tertiary/aromatic N) is 4. The minimum absolute atomic E-state index is 0.0396. The maximum Gasteiger partial charge on any atom is 0.490 e. The van der Waals surface area contributed by atoms with Gasteiger partial charge in [-0.25, -0.2) is 18.7 Å². The molecule has 3 rings (SSSR count). The average molecular weight is 521 g/mol. The van der Waals surface area contributed by atoms with Gasteiger partial charge in [0.15, 0.2) is 11.2 Å². The van der Waals surface area contributed by atoms with E-state index < -0.39 is 48.5 Å². The molecule has 0 amide bonds. The average Bonchev–Trinajstić information content (AvgIpc) is 3.19. The van der Waals surface area contributed by atoms with E-state index in [1.165, 1.54) is 18.0 Å². The van der Waals surface area contributed by atoms with Crippen LogP contribution in [0.1, 0.15) is 12.6 Å². The highest BCUT2D eigenvalue weighted by Gasteiger charge is 2.43. The van der Waals surface area contributed by atoms with Crippen molar-refractivity contribution in [3.05, 3.63) is 6.33 Å². The van der Waals surface area contributed by atoms with E-state index in [0.717, 1.165) is 0 Å². The number of imidazole rings is 1. The summed E-state index contributed by atoms with van der Waals surface area (Å²) in [7, 11) is -15.2. The molecule has 21 heteroatoms. The molecule has 1 aliphatic rings. The van der Waals surface area contributed by atoms with E-state index in [0.29, 0.717) is 0 Å². The summed E-state index contributed by atoms with van der Waals surface area (Å²) in [5.74, 6) is -0.00661. The van der Waals surface area contributed by atoms with Crippen LogP contribution in [0.3, 0.4) is 0 Å². The van der Waals surface area contributed by atoms with Gasteiger partial charge < -0.3 is 39.9 Å². The van der Waals surface area contributed by atoms with E-state index >= 15 is 0 Å². The van der Waals surface area contributed by atoms with Gasteiger partial charge in [0.05, 0.1) is 26.1 Å². The lowest BCUT2D eigenvalue weighted by atomic mass is 10.2. The second kappa shape index (κ2) is 9.02. The largest absolute Gasteiger partial charge is 0.490 e. The summed E-state index contributed by atoms with van der Waals surface area (Å²) in [6.45, 7) is -0.811. The molecule has 0 spiro atoms. The Kier molecular flexibility index (Phi) is 7.08. The van der Waals surface area contributed by atoms with Gasteiger partial charge in [-0.05, 0) is 0 Å². The van der Waals surface area contributed by atoms with Crippen LogP contribution in [0.25, 0.3) is 11.2 Å². The molecule has 0 aliphatic carbocycles. The van der Waals surface area contributed by atoms with E-state index in [-0.39, 0.29) is 29.4 Å². The number of fused-ring (bicyclic) bond motifs is 1. The fraction of sp³-hybridized carbons (Fsp3) is 0.545. The first kappa shape index (κ1) is 25.1. The fourth-order valence-electron chi connectivity index (χ4n) is 2.77. The third-order valence-electron chi connectivity index (χ3n) is 3.93. The molecule has 0 radical (unpaired) electrons. The van der Waals surface area contributed by atoms with E-state index in [1.807, 2.05) is 0 Å². The number of aliphatic hydroxyl groups excluding tert-OH is 1. The first-order chi connectivity index (χ1) is 14.7. The van der Waals surface area contributed by atoms with E-state index in [2.05, 4.69) is 28.1 Å². The molecule has 32 heavy (non-hydrogen) atoms. The number of hydrogen-bond acceptors (Lipinski definition) is 13. The topological polar surface area (TPSA) is 268 Å². The van der Waals surface area contributed by atoms with Crippen LogP contribution in [0.4, 0.5) is 5.95 Å². The highest BCUT2D eigenvalue weighted by Crippen LogP contribution is 2.66. The number of rotatable bonds is 9. The minimum Gasteiger partial charge on any atom is -0.479 e. The molecule has 7 N–H and O–H groups in total. The predicted octanol–water partition coefficient (Wildman–Crippen LogP) is -0.591. The standard InChI is InChI=1S/C11H18N5O13P3/c1-25-10-8-9(14-11(12)15-10)16(4-13-8)7-2-5(17)6(27-7)3-26-31(21,22)29-32(23,24)28-30(18,19)20/h4-7,17H,2-3H2,1H3,(H,21,22)(H,23,24)(H2,12,14,15)(H2,18,19,20)/t5-,6+,7+/m0/s1. The number of aliphatic hydroxyl groups is 1. The summed E-state index contributed by atoms with van der Waals surface area (Å²) >= 11 is 0. The van der Waals surface area contributed by atoms with Gasteiger partial charge in [-0.1, -0.05) is 0 Å². The zero-order chi connectivity index (χ0) is 23.9. The van der Waals surface area contributed by atoms with Crippen LogP contribution in [-0.4, -0.2) is 70.1 Å². The number of anilines is 1. The Morgan fingerprint density at radius 3 is 2.50 bits per heavy atom. The molecule has 1 aliphatic heterocycles. The highest BCUT2D eigenvalue weighted by atomic mass is 31.3. The number of phosphoric acid groups is 3. The van der Waals surface area contributed by atoms with Crippen molar-refractivity contribution in [3.63, 3.8) is 0 Å².